The molecule has 3 rings (SSSR count). The molecule has 0 unspecified atom stereocenters. The molecule has 0 saturated heterocycles. The highest BCUT2D eigenvalue weighted by Gasteiger charge is 2.23. The molecule has 2 aromatic heterocycles. The van der Waals surface area contributed by atoms with Crippen molar-refractivity contribution < 1.29 is 4.74 Å². The lowest BCUT2D eigenvalue weighted by atomic mass is 10.0. The Labute approximate surface area is 114 Å². The number of aromatic nitrogens is 1. The van der Waals surface area contributed by atoms with Gasteiger partial charge in [-0.2, -0.15) is 0 Å². The fourth-order valence-electron chi connectivity index (χ4n) is 1.99. The monoisotopic (exact) mass is 275 g/mol. The van der Waals surface area contributed by atoms with Crippen LogP contribution in [0, 0.1) is 0 Å². The summed E-state index contributed by atoms with van der Waals surface area (Å²) in [5.41, 5.74) is 3.19. The number of thiophene rings is 1. The molecule has 0 bridgehead atoms. The summed E-state index contributed by atoms with van der Waals surface area (Å²) in [5.74, 6) is 0.697. The molecule has 0 N–H and O–H groups in total. The van der Waals surface area contributed by atoms with Crippen molar-refractivity contribution in [2.24, 2.45) is 0 Å². The van der Waals surface area contributed by atoms with Crippen molar-refractivity contribution in [1.29, 1.82) is 0 Å². The topological polar surface area (TPSA) is 22.1 Å². The van der Waals surface area contributed by atoms with Gasteiger partial charge in [-0.05, 0) is 18.2 Å². The highest BCUT2D eigenvalue weighted by Crippen LogP contribution is 2.40. The maximum absolute atomic E-state index is 5.99. The Morgan fingerprint density at radius 1 is 1.33 bits per heavy atom. The summed E-state index contributed by atoms with van der Waals surface area (Å²) in [7, 11) is 0. The fraction of sp³-hybridized carbons (Fsp3) is 0.0714. The van der Waals surface area contributed by atoms with Crippen LogP contribution in [0.15, 0.2) is 49.0 Å². The van der Waals surface area contributed by atoms with Crippen molar-refractivity contribution >= 4 is 34.1 Å². The zero-order valence-electron chi connectivity index (χ0n) is 9.52. The third kappa shape index (κ3) is 1.96. The number of halogens is 1. The molecule has 3 heterocycles. The second kappa shape index (κ2) is 4.59. The third-order valence-corrected chi connectivity index (χ3v) is 4.08. The quantitative estimate of drug-likeness (QED) is 0.817. The zero-order valence-corrected chi connectivity index (χ0v) is 11.1. The van der Waals surface area contributed by atoms with Gasteiger partial charge < -0.3 is 4.74 Å². The average Bonchev–Trinajstić information content (AvgIpc) is 2.96. The lowest BCUT2D eigenvalue weighted by Crippen LogP contribution is -1.87. The Bertz CT molecular complexity index is 630. The van der Waals surface area contributed by atoms with Crippen molar-refractivity contribution in [3.05, 3.63) is 63.8 Å². The van der Waals surface area contributed by atoms with Gasteiger partial charge in [-0.25, -0.2) is 0 Å². The van der Waals surface area contributed by atoms with E-state index in [1.165, 1.54) is 0 Å². The second-order valence-corrected chi connectivity index (χ2v) is 5.63. The molecule has 0 aromatic carbocycles. The van der Waals surface area contributed by atoms with Crippen LogP contribution in [-0.2, 0) is 4.74 Å². The molecule has 0 fully saturated rings. The van der Waals surface area contributed by atoms with Crippen LogP contribution < -0.4 is 0 Å². The molecule has 4 heteroatoms. The molecule has 0 aliphatic carbocycles. The van der Waals surface area contributed by atoms with E-state index >= 15 is 0 Å². The Balaban J connectivity index is 2.15. The fourth-order valence-corrected chi connectivity index (χ4v) is 3.07. The number of pyridine rings is 1. The van der Waals surface area contributed by atoms with Gasteiger partial charge in [-0.3, -0.25) is 4.98 Å². The van der Waals surface area contributed by atoms with Crippen LogP contribution in [0.2, 0.25) is 4.34 Å². The van der Waals surface area contributed by atoms with E-state index in [1.54, 1.807) is 17.5 Å². The van der Waals surface area contributed by atoms with Gasteiger partial charge in [0, 0.05) is 34.0 Å². The largest absolute Gasteiger partial charge is 0.489 e. The minimum absolute atomic E-state index is 0.542. The van der Waals surface area contributed by atoms with Crippen LogP contribution in [-0.4, -0.2) is 11.6 Å². The molecule has 90 valence electrons. The van der Waals surface area contributed by atoms with E-state index in [2.05, 4.69) is 11.6 Å². The van der Waals surface area contributed by atoms with Gasteiger partial charge >= 0.3 is 0 Å². The summed E-state index contributed by atoms with van der Waals surface area (Å²) in [6.07, 6.45) is 3.58. The van der Waals surface area contributed by atoms with E-state index in [0.717, 1.165) is 25.9 Å². The second-order valence-electron chi connectivity index (χ2n) is 3.91. The summed E-state index contributed by atoms with van der Waals surface area (Å²) in [6.45, 7) is 4.50. The Morgan fingerprint density at radius 2 is 2.22 bits per heavy atom. The van der Waals surface area contributed by atoms with E-state index in [4.69, 9.17) is 16.3 Å². The zero-order chi connectivity index (χ0) is 12.5. The molecule has 0 saturated carbocycles. The maximum atomic E-state index is 5.99. The van der Waals surface area contributed by atoms with Crippen molar-refractivity contribution in [3.8, 4) is 0 Å². The summed E-state index contributed by atoms with van der Waals surface area (Å²) < 4.78 is 6.34. The molecule has 2 nitrogen and oxygen atoms in total. The lowest BCUT2D eigenvalue weighted by Gasteiger charge is -2.03. The number of allylic oxidation sites excluding steroid dienone is 1. The first-order valence-corrected chi connectivity index (χ1v) is 6.66. The van der Waals surface area contributed by atoms with Crippen molar-refractivity contribution in [2.45, 2.75) is 0 Å². The van der Waals surface area contributed by atoms with Crippen LogP contribution in [0.25, 0.3) is 11.1 Å². The van der Waals surface area contributed by atoms with E-state index in [0.29, 0.717) is 12.4 Å². The van der Waals surface area contributed by atoms with E-state index in [-0.39, 0.29) is 0 Å². The number of nitrogens with zero attached hydrogens (tertiary/aromatic N) is 1. The number of hydrogen-bond donors (Lipinski definition) is 0. The minimum Gasteiger partial charge on any atom is -0.489 e. The highest BCUT2D eigenvalue weighted by molar-refractivity contribution is 7.17. The Morgan fingerprint density at radius 3 is 2.89 bits per heavy atom. The normalized spacial score (nSPS) is 15.1. The van der Waals surface area contributed by atoms with Gasteiger partial charge in [0.2, 0.25) is 0 Å². The van der Waals surface area contributed by atoms with Crippen molar-refractivity contribution in [1.82, 2.24) is 4.98 Å². The molecule has 1 aliphatic rings. The van der Waals surface area contributed by atoms with Gasteiger partial charge in [-0.1, -0.05) is 24.2 Å². The standard InChI is InChI=1S/C14H10ClNOS/c1-9-14(10-3-2-6-16-7-10)11(8-17-9)12-4-5-13(15)18-12/h2-7H,1,8H2. The molecule has 1 aliphatic heterocycles. The van der Waals surface area contributed by atoms with Crippen molar-refractivity contribution in [2.75, 3.05) is 6.61 Å². The SMILES string of the molecule is C=C1OCC(c2ccc(Cl)s2)=C1c1cccnc1. The molecule has 0 spiro atoms. The average molecular weight is 276 g/mol. The minimum atomic E-state index is 0.542. The molecule has 0 atom stereocenters. The summed E-state index contributed by atoms with van der Waals surface area (Å²) in [4.78, 5) is 5.27. The Kier molecular flexibility index (Phi) is 2.94. The summed E-state index contributed by atoms with van der Waals surface area (Å²) >= 11 is 7.54. The van der Waals surface area contributed by atoms with Crippen molar-refractivity contribution in [3.63, 3.8) is 0 Å². The summed E-state index contributed by atoms with van der Waals surface area (Å²) in [5, 5.41) is 0. The number of hydrogen-bond acceptors (Lipinski definition) is 3. The first kappa shape index (κ1) is 11.5. The first-order chi connectivity index (χ1) is 8.75. The van der Waals surface area contributed by atoms with Gasteiger partial charge in [-0.15, -0.1) is 11.3 Å². The van der Waals surface area contributed by atoms with Crippen LogP contribution in [0.1, 0.15) is 10.4 Å². The maximum Gasteiger partial charge on any atom is 0.120 e. The molecule has 2 aromatic rings. The van der Waals surface area contributed by atoms with E-state index in [1.807, 2.05) is 30.5 Å². The highest BCUT2D eigenvalue weighted by atomic mass is 35.5. The first-order valence-electron chi connectivity index (χ1n) is 5.47. The molecule has 0 amide bonds. The van der Waals surface area contributed by atoms with Crippen LogP contribution in [0.5, 0.6) is 0 Å². The Hall–Kier alpha value is -1.58. The van der Waals surface area contributed by atoms with Crippen LogP contribution in [0.3, 0.4) is 0 Å². The molecule has 0 radical (unpaired) electrons. The number of rotatable bonds is 2. The van der Waals surface area contributed by atoms with E-state index in [9.17, 15) is 0 Å². The van der Waals surface area contributed by atoms with Crippen LogP contribution >= 0.6 is 22.9 Å². The van der Waals surface area contributed by atoms with Crippen LogP contribution in [0.4, 0.5) is 0 Å². The third-order valence-electron chi connectivity index (χ3n) is 2.79. The molecular weight excluding hydrogens is 266 g/mol. The molecule has 18 heavy (non-hydrogen) atoms. The predicted octanol–water partition coefficient (Wildman–Crippen LogP) is 4.25. The lowest BCUT2D eigenvalue weighted by molar-refractivity contribution is 0.286. The molecular formula is C14H10ClNOS. The summed E-state index contributed by atoms with van der Waals surface area (Å²) in [6, 6.07) is 7.83. The van der Waals surface area contributed by atoms with Gasteiger partial charge in [0.25, 0.3) is 0 Å². The number of ether oxygens (including phenoxy) is 1. The van der Waals surface area contributed by atoms with Gasteiger partial charge in [0.1, 0.15) is 12.4 Å². The van der Waals surface area contributed by atoms with Gasteiger partial charge in [0.15, 0.2) is 0 Å². The smallest absolute Gasteiger partial charge is 0.120 e. The van der Waals surface area contributed by atoms with E-state index < -0.39 is 0 Å². The predicted molar refractivity (Wildman–Crippen MR) is 75.5 cm³/mol. The van der Waals surface area contributed by atoms with Gasteiger partial charge in [0.05, 0.1) is 4.34 Å².